The molecule has 116 valence electrons. The van der Waals surface area contributed by atoms with E-state index in [-0.39, 0.29) is 30.0 Å². The number of rotatable bonds is 9. The molecule has 1 aliphatic heterocycles. The standard InChI is InChI=1S/C14H26N2O4/c1-13(2,5-4-12(18)19)6-7-16-11(17)8-20-14(3)9-15-10-14/h15H,4-10H2,1-3H3,(H,16,17)(H,18,19). The molecule has 0 spiro atoms. The minimum Gasteiger partial charge on any atom is -0.481 e. The zero-order valence-electron chi connectivity index (χ0n) is 12.6. The Hall–Kier alpha value is -1.14. The van der Waals surface area contributed by atoms with Crippen LogP contribution in [0.1, 0.15) is 40.0 Å². The first-order chi connectivity index (χ1) is 9.22. The SMILES string of the molecule is CC(C)(CCNC(=O)COC1(C)CNC1)CCC(=O)O. The van der Waals surface area contributed by atoms with E-state index < -0.39 is 5.97 Å². The third kappa shape index (κ3) is 6.34. The summed E-state index contributed by atoms with van der Waals surface area (Å²) >= 11 is 0. The Kier molecular flexibility index (Phi) is 5.95. The summed E-state index contributed by atoms with van der Waals surface area (Å²) < 4.78 is 5.54. The normalized spacial score (nSPS) is 17.4. The van der Waals surface area contributed by atoms with Gasteiger partial charge in [-0.05, 0) is 25.2 Å². The maximum atomic E-state index is 11.6. The lowest BCUT2D eigenvalue weighted by atomic mass is 9.84. The zero-order valence-corrected chi connectivity index (χ0v) is 12.6. The number of carbonyl (C=O) groups excluding carboxylic acids is 1. The van der Waals surface area contributed by atoms with Crippen molar-refractivity contribution in [2.75, 3.05) is 26.2 Å². The molecule has 0 aromatic rings. The van der Waals surface area contributed by atoms with Gasteiger partial charge in [0.15, 0.2) is 0 Å². The molecule has 1 aliphatic rings. The van der Waals surface area contributed by atoms with Gasteiger partial charge in [-0.2, -0.15) is 0 Å². The zero-order chi connectivity index (χ0) is 15.2. The lowest BCUT2D eigenvalue weighted by Crippen LogP contribution is -2.59. The highest BCUT2D eigenvalue weighted by molar-refractivity contribution is 5.77. The van der Waals surface area contributed by atoms with E-state index in [1.165, 1.54) is 0 Å². The molecule has 0 aliphatic carbocycles. The molecule has 1 saturated heterocycles. The lowest BCUT2D eigenvalue weighted by Gasteiger charge is -2.38. The Balaban J connectivity index is 2.12. The Morgan fingerprint density at radius 3 is 2.50 bits per heavy atom. The van der Waals surface area contributed by atoms with Crippen LogP contribution in [0.2, 0.25) is 0 Å². The van der Waals surface area contributed by atoms with Crippen LogP contribution in [0.5, 0.6) is 0 Å². The third-order valence-electron chi connectivity index (χ3n) is 3.69. The van der Waals surface area contributed by atoms with Crippen molar-refractivity contribution in [3.05, 3.63) is 0 Å². The second-order valence-electron chi connectivity index (χ2n) is 6.50. The molecule has 3 N–H and O–H groups in total. The van der Waals surface area contributed by atoms with Gasteiger partial charge in [-0.15, -0.1) is 0 Å². The second-order valence-corrected chi connectivity index (χ2v) is 6.50. The van der Waals surface area contributed by atoms with E-state index in [9.17, 15) is 9.59 Å². The molecule has 6 heteroatoms. The van der Waals surface area contributed by atoms with Crippen molar-refractivity contribution in [3.63, 3.8) is 0 Å². The molecule has 20 heavy (non-hydrogen) atoms. The predicted molar refractivity (Wildman–Crippen MR) is 75.5 cm³/mol. The summed E-state index contributed by atoms with van der Waals surface area (Å²) in [4.78, 5) is 22.2. The van der Waals surface area contributed by atoms with Gasteiger partial charge in [0.1, 0.15) is 6.61 Å². The largest absolute Gasteiger partial charge is 0.481 e. The molecule has 6 nitrogen and oxygen atoms in total. The first-order valence-electron chi connectivity index (χ1n) is 7.06. The quantitative estimate of drug-likeness (QED) is 0.582. The number of aliphatic carboxylic acids is 1. The van der Waals surface area contributed by atoms with E-state index >= 15 is 0 Å². The van der Waals surface area contributed by atoms with Gasteiger partial charge >= 0.3 is 5.97 Å². The van der Waals surface area contributed by atoms with E-state index in [1.54, 1.807) is 0 Å². The number of carboxylic acid groups (broad SMARTS) is 1. The molecule has 0 unspecified atom stereocenters. The summed E-state index contributed by atoms with van der Waals surface area (Å²) in [7, 11) is 0. The van der Waals surface area contributed by atoms with Gasteiger partial charge < -0.3 is 20.5 Å². The van der Waals surface area contributed by atoms with Crippen LogP contribution in [0, 0.1) is 5.41 Å². The molecule has 1 rings (SSSR count). The van der Waals surface area contributed by atoms with Crippen molar-refractivity contribution in [2.24, 2.45) is 5.41 Å². The Labute approximate surface area is 120 Å². The van der Waals surface area contributed by atoms with Crippen LogP contribution in [-0.2, 0) is 14.3 Å². The molecular formula is C14H26N2O4. The van der Waals surface area contributed by atoms with Crippen molar-refractivity contribution in [1.82, 2.24) is 10.6 Å². The van der Waals surface area contributed by atoms with Crippen LogP contribution in [0.25, 0.3) is 0 Å². The number of amides is 1. The lowest BCUT2D eigenvalue weighted by molar-refractivity contribution is -0.138. The van der Waals surface area contributed by atoms with Crippen LogP contribution in [0.15, 0.2) is 0 Å². The van der Waals surface area contributed by atoms with Gasteiger partial charge in [0, 0.05) is 26.1 Å². The topological polar surface area (TPSA) is 87.7 Å². The highest BCUT2D eigenvalue weighted by Crippen LogP contribution is 2.25. The number of hydrogen-bond donors (Lipinski definition) is 3. The average molecular weight is 286 g/mol. The van der Waals surface area contributed by atoms with Gasteiger partial charge in [-0.1, -0.05) is 13.8 Å². The van der Waals surface area contributed by atoms with Crippen LogP contribution in [0.4, 0.5) is 0 Å². The molecule has 0 atom stereocenters. The summed E-state index contributed by atoms with van der Waals surface area (Å²) in [5, 5.41) is 14.6. The van der Waals surface area contributed by atoms with Gasteiger partial charge in [-0.25, -0.2) is 0 Å². The minimum atomic E-state index is -0.780. The van der Waals surface area contributed by atoms with Crippen LogP contribution >= 0.6 is 0 Å². The number of nitrogens with one attached hydrogen (secondary N) is 2. The molecule has 0 radical (unpaired) electrons. The number of carbonyl (C=O) groups is 2. The monoisotopic (exact) mass is 286 g/mol. The fourth-order valence-corrected chi connectivity index (χ4v) is 1.98. The summed E-state index contributed by atoms with van der Waals surface area (Å²) in [6, 6.07) is 0. The predicted octanol–water partition coefficient (Wildman–Crippen LogP) is 0.762. The minimum absolute atomic E-state index is 0.0771. The first kappa shape index (κ1) is 16.9. The van der Waals surface area contributed by atoms with E-state index in [0.29, 0.717) is 13.0 Å². The van der Waals surface area contributed by atoms with E-state index in [1.807, 2.05) is 20.8 Å². The van der Waals surface area contributed by atoms with Crippen molar-refractivity contribution in [1.29, 1.82) is 0 Å². The van der Waals surface area contributed by atoms with Gasteiger partial charge in [0.25, 0.3) is 0 Å². The maximum Gasteiger partial charge on any atom is 0.303 e. The third-order valence-corrected chi connectivity index (χ3v) is 3.69. The average Bonchev–Trinajstić information content (AvgIpc) is 2.31. The number of carboxylic acids is 1. The molecule has 1 heterocycles. The van der Waals surface area contributed by atoms with Crippen molar-refractivity contribution in [3.8, 4) is 0 Å². The van der Waals surface area contributed by atoms with Crippen LogP contribution in [0.3, 0.4) is 0 Å². The molecule has 0 saturated carbocycles. The molecule has 0 bridgehead atoms. The van der Waals surface area contributed by atoms with Crippen LogP contribution < -0.4 is 10.6 Å². The first-order valence-corrected chi connectivity index (χ1v) is 7.06. The van der Waals surface area contributed by atoms with Gasteiger partial charge in [0.2, 0.25) is 5.91 Å². The summed E-state index contributed by atoms with van der Waals surface area (Å²) in [6.07, 6.45) is 1.53. The van der Waals surface area contributed by atoms with E-state index in [2.05, 4.69) is 10.6 Å². The summed E-state index contributed by atoms with van der Waals surface area (Å²) in [5.74, 6) is -0.898. The molecule has 0 aromatic heterocycles. The van der Waals surface area contributed by atoms with Gasteiger partial charge in [-0.3, -0.25) is 9.59 Å². The smallest absolute Gasteiger partial charge is 0.303 e. The Bertz CT molecular complexity index is 351. The highest BCUT2D eigenvalue weighted by Gasteiger charge is 2.33. The summed E-state index contributed by atoms with van der Waals surface area (Å²) in [6.45, 7) is 8.19. The highest BCUT2D eigenvalue weighted by atomic mass is 16.5. The van der Waals surface area contributed by atoms with E-state index in [4.69, 9.17) is 9.84 Å². The number of ether oxygens (including phenoxy) is 1. The van der Waals surface area contributed by atoms with Crippen molar-refractivity contribution in [2.45, 2.75) is 45.6 Å². The Morgan fingerprint density at radius 1 is 1.35 bits per heavy atom. The Morgan fingerprint density at radius 2 is 2.00 bits per heavy atom. The molecule has 1 fully saturated rings. The maximum absolute atomic E-state index is 11.6. The molecular weight excluding hydrogens is 260 g/mol. The van der Waals surface area contributed by atoms with Crippen molar-refractivity contribution >= 4 is 11.9 Å². The second kappa shape index (κ2) is 7.04. The fraction of sp³-hybridized carbons (Fsp3) is 0.857. The molecule has 0 aromatic carbocycles. The number of hydrogen-bond acceptors (Lipinski definition) is 4. The van der Waals surface area contributed by atoms with E-state index in [0.717, 1.165) is 19.5 Å². The summed E-state index contributed by atoms with van der Waals surface area (Å²) in [5.41, 5.74) is -0.297. The van der Waals surface area contributed by atoms with Crippen molar-refractivity contribution < 1.29 is 19.4 Å². The van der Waals surface area contributed by atoms with Crippen LogP contribution in [-0.4, -0.2) is 48.8 Å². The van der Waals surface area contributed by atoms with Gasteiger partial charge in [0.05, 0.1) is 5.60 Å². The molecule has 1 amide bonds. The fourth-order valence-electron chi connectivity index (χ4n) is 1.98.